The number of carbonyl (C=O) groups is 1. The Morgan fingerprint density at radius 1 is 1.39 bits per heavy atom. The van der Waals surface area contributed by atoms with E-state index in [1.54, 1.807) is 0 Å². The summed E-state index contributed by atoms with van der Waals surface area (Å²) in [5.74, 6) is 0.199. The third-order valence-corrected chi connectivity index (χ3v) is 4.00. The summed E-state index contributed by atoms with van der Waals surface area (Å²) in [6, 6.07) is 0.406. The minimum absolute atomic E-state index is 0.0197. The maximum Gasteiger partial charge on any atom is 0.236 e. The quantitative estimate of drug-likeness (QED) is 0.788. The molecule has 2 unspecified atom stereocenters. The minimum atomic E-state index is -0.0197. The molecule has 1 amide bonds. The van der Waals surface area contributed by atoms with Gasteiger partial charge in [-0.1, -0.05) is 6.92 Å². The first kappa shape index (κ1) is 15.4. The third-order valence-electron chi connectivity index (χ3n) is 4.00. The van der Waals surface area contributed by atoms with Crippen molar-refractivity contribution in [1.29, 1.82) is 0 Å². The molecule has 1 rings (SSSR count). The number of likely N-dealkylation sites (N-methyl/N-ethyl adjacent to an activating group) is 1. The number of hydrogen-bond acceptors (Lipinski definition) is 3. The predicted molar refractivity (Wildman–Crippen MR) is 73.6 cm³/mol. The third kappa shape index (κ3) is 4.25. The molecule has 1 aliphatic heterocycles. The van der Waals surface area contributed by atoms with Gasteiger partial charge >= 0.3 is 0 Å². The fraction of sp³-hybridized carbons (Fsp3) is 0.929. The molecule has 1 saturated heterocycles. The lowest BCUT2D eigenvalue weighted by Crippen LogP contribution is -2.48. The molecule has 1 fully saturated rings. The summed E-state index contributed by atoms with van der Waals surface area (Å²) in [6.45, 7) is 11.2. The van der Waals surface area contributed by atoms with Crippen LogP contribution in [0.25, 0.3) is 0 Å². The lowest BCUT2D eigenvalue weighted by atomic mass is 9.90. The van der Waals surface area contributed by atoms with E-state index in [0.29, 0.717) is 12.6 Å². The Hall–Kier alpha value is -0.610. The molecule has 0 saturated carbocycles. The van der Waals surface area contributed by atoms with Gasteiger partial charge in [0.2, 0.25) is 5.91 Å². The van der Waals surface area contributed by atoms with Crippen LogP contribution in [0.15, 0.2) is 0 Å². The number of hydrogen-bond donors (Lipinski definition) is 1. The summed E-state index contributed by atoms with van der Waals surface area (Å²) in [5.41, 5.74) is -0.0197. The largest absolute Gasteiger partial charge is 0.375 e. The van der Waals surface area contributed by atoms with Crippen LogP contribution in [0.5, 0.6) is 0 Å². The molecule has 4 heteroatoms. The van der Waals surface area contributed by atoms with Crippen LogP contribution in [0.3, 0.4) is 0 Å². The first-order chi connectivity index (χ1) is 8.54. The first-order valence-electron chi connectivity index (χ1n) is 7.19. The molecule has 1 heterocycles. The van der Waals surface area contributed by atoms with E-state index in [2.05, 4.69) is 19.2 Å². The van der Waals surface area contributed by atoms with Crippen molar-refractivity contribution in [3.05, 3.63) is 0 Å². The second-order valence-corrected chi connectivity index (χ2v) is 5.29. The van der Waals surface area contributed by atoms with Crippen molar-refractivity contribution in [2.75, 3.05) is 26.2 Å². The van der Waals surface area contributed by atoms with Gasteiger partial charge in [0, 0.05) is 25.7 Å². The van der Waals surface area contributed by atoms with E-state index in [1.807, 2.05) is 18.7 Å². The van der Waals surface area contributed by atoms with Crippen LogP contribution in [0.2, 0.25) is 0 Å². The summed E-state index contributed by atoms with van der Waals surface area (Å²) in [5, 5.41) is 3.39. The maximum absolute atomic E-state index is 11.9. The molecular weight excluding hydrogens is 228 g/mol. The van der Waals surface area contributed by atoms with Gasteiger partial charge < -0.3 is 15.0 Å². The smallest absolute Gasteiger partial charge is 0.236 e. The number of carbonyl (C=O) groups excluding carboxylic acids is 1. The Kier molecular flexibility index (Phi) is 6.09. The van der Waals surface area contributed by atoms with E-state index in [-0.39, 0.29) is 11.5 Å². The second-order valence-electron chi connectivity index (χ2n) is 5.29. The molecule has 1 N–H and O–H groups in total. The van der Waals surface area contributed by atoms with Gasteiger partial charge in [0.25, 0.3) is 0 Å². The highest BCUT2D eigenvalue weighted by Gasteiger charge is 2.31. The highest BCUT2D eigenvalue weighted by Crippen LogP contribution is 2.27. The first-order valence-corrected chi connectivity index (χ1v) is 7.19. The lowest BCUT2D eigenvalue weighted by molar-refractivity contribution is -0.130. The Bertz CT molecular complexity index is 267. The normalized spacial score (nSPS) is 28.1. The topological polar surface area (TPSA) is 41.6 Å². The molecule has 0 spiro atoms. The van der Waals surface area contributed by atoms with Crippen LogP contribution >= 0.6 is 0 Å². The van der Waals surface area contributed by atoms with Crippen LogP contribution in [0.1, 0.15) is 47.0 Å². The zero-order chi connectivity index (χ0) is 13.6. The van der Waals surface area contributed by atoms with E-state index in [4.69, 9.17) is 4.74 Å². The van der Waals surface area contributed by atoms with Crippen LogP contribution in [-0.4, -0.2) is 48.7 Å². The molecule has 0 bridgehead atoms. The average Bonchev–Trinajstić information content (AvgIpc) is 2.38. The SMILES string of the molecule is CCN(CC)C(=O)CNC1CCOC(C)(CC)C1. The summed E-state index contributed by atoms with van der Waals surface area (Å²) in [7, 11) is 0. The Morgan fingerprint density at radius 3 is 2.61 bits per heavy atom. The zero-order valence-electron chi connectivity index (χ0n) is 12.3. The highest BCUT2D eigenvalue weighted by molar-refractivity contribution is 5.78. The predicted octanol–water partition coefficient (Wildman–Crippen LogP) is 1.79. The van der Waals surface area contributed by atoms with E-state index < -0.39 is 0 Å². The van der Waals surface area contributed by atoms with Gasteiger partial charge in [0.15, 0.2) is 0 Å². The maximum atomic E-state index is 11.9. The standard InChI is InChI=1S/C14H28N2O2/c1-5-14(4)10-12(8-9-18-14)15-11-13(17)16(6-2)7-3/h12,15H,5-11H2,1-4H3. The second kappa shape index (κ2) is 7.10. The molecule has 0 aromatic carbocycles. The summed E-state index contributed by atoms with van der Waals surface area (Å²) in [4.78, 5) is 13.8. The van der Waals surface area contributed by atoms with Crippen molar-refractivity contribution in [2.24, 2.45) is 0 Å². The molecule has 4 nitrogen and oxygen atoms in total. The molecule has 18 heavy (non-hydrogen) atoms. The van der Waals surface area contributed by atoms with E-state index in [1.165, 1.54) is 0 Å². The van der Waals surface area contributed by atoms with E-state index >= 15 is 0 Å². The summed E-state index contributed by atoms with van der Waals surface area (Å²) >= 11 is 0. The fourth-order valence-electron chi connectivity index (χ4n) is 2.47. The average molecular weight is 256 g/mol. The molecule has 106 valence electrons. The number of ether oxygens (including phenoxy) is 1. The van der Waals surface area contributed by atoms with Crippen molar-refractivity contribution in [3.63, 3.8) is 0 Å². The Labute approximate surface area is 111 Å². The number of amides is 1. The summed E-state index contributed by atoms with van der Waals surface area (Å²) < 4.78 is 5.81. The van der Waals surface area contributed by atoms with E-state index in [9.17, 15) is 4.79 Å². The van der Waals surface area contributed by atoms with Gasteiger partial charge in [-0.2, -0.15) is 0 Å². The van der Waals surface area contributed by atoms with Gasteiger partial charge in [0.1, 0.15) is 0 Å². The van der Waals surface area contributed by atoms with Crippen molar-refractivity contribution < 1.29 is 9.53 Å². The minimum Gasteiger partial charge on any atom is -0.375 e. The van der Waals surface area contributed by atoms with Crippen LogP contribution in [-0.2, 0) is 9.53 Å². The monoisotopic (exact) mass is 256 g/mol. The Balaban J connectivity index is 2.37. The summed E-state index contributed by atoms with van der Waals surface area (Å²) in [6.07, 6.45) is 3.02. The molecule has 2 atom stereocenters. The van der Waals surface area contributed by atoms with Gasteiger partial charge in [-0.05, 0) is 40.0 Å². The molecule has 0 aromatic rings. The molecular formula is C14H28N2O2. The lowest BCUT2D eigenvalue weighted by Gasteiger charge is -2.38. The van der Waals surface area contributed by atoms with Crippen molar-refractivity contribution >= 4 is 5.91 Å². The van der Waals surface area contributed by atoms with Crippen LogP contribution in [0, 0.1) is 0 Å². The Morgan fingerprint density at radius 2 is 2.06 bits per heavy atom. The highest BCUT2D eigenvalue weighted by atomic mass is 16.5. The number of nitrogens with zero attached hydrogens (tertiary/aromatic N) is 1. The van der Waals surface area contributed by atoms with Crippen LogP contribution < -0.4 is 5.32 Å². The van der Waals surface area contributed by atoms with Crippen LogP contribution in [0.4, 0.5) is 0 Å². The molecule has 0 aliphatic carbocycles. The molecule has 0 aromatic heterocycles. The van der Waals surface area contributed by atoms with Gasteiger partial charge in [-0.25, -0.2) is 0 Å². The zero-order valence-corrected chi connectivity index (χ0v) is 12.3. The number of nitrogens with one attached hydrogen (secondary N) is 1. The van der Waals surface area contributed by atoms with Crippen molar-refractivity contribution in [3.8, 4) is 0 Å². The van der Waals surface area contributed by atoms with Crippen molar-refractivity contribution in [1.82, 2.24) is 10.2 Å². The molecule has 0 radical (unpaired) electrons. The van der Waals surface area contributed by atoms with E-state index in [0.717, 1.165) is 39.0 Å². The van der Waals surface area contributed by atoms with Gasteiger partial charge in [-0.15, -0.1) is 0 Å². The fourth-order valence-corrected chi connectivity index (χ4v) is 2.47. The molecule has 1 aliphatic rings. The van der Waals surface area contributed by atoms with Gasteiger partial charge in [0.05, 0.1) is 12.1 Å². The number of rotatable bonds is 6. The van der Waals surface area contributed by atoms with Gasteiger partial charge in [-0.3, -0.25) is 4.79 Å². The van der Waals surface area contributed by atoms with Crippen molar-refractivity contribution in [2.45, 2.75) is 58.6 Å².